The van der Waals surface area contributed by atoms with Crippen LogP contribution in [-0.4, -0.2) is 13.1 Å². The molecule has 0 radical (unpaired) electrons. The number of esters is 1. The second-order valence-corrected chi connectivity index (χ2v) is 4.28. The Morgan fingerprint density at radius 2 is 2.22 bits per heavy atom. The lowest BCUT2D eigenvalue weighted by atomic mass is 10.1. The van der Waals surface area contributed by atoms with E-state index in [4.69, 9.17) is 4.74 Å². The zero-order chi connectivity index (χ0) is 13.4. The Morgan fingerprint density at radius 1 is 1.44 bits per heavy atom. The van der Waals surface area contributed by atoms with E-state index in [9.17, 15) is 4.79 Å². The topological polar surface area (TPSA) is 26.3 Å². The highest BCUT2D eigenvalue weighted by molar-refractivity contribution is 5.88. The summed E-state index contributed by atoms with van der Waals surface area (Å²) in [5.41, 5.74) is 5.92. The van der Waals surface area contributed by atoms with Crippen LogP contribution in [0.3, 0.4) is 0 Å². The maximum Gasteiger partial charge on any atom is 0.341 e. The number of benzene rings is 1. The molecule has 2 heteroatoms. The van der Waals surface area contributed by atoms with Gasteiger partial charge >= 0.3 is 5.97 Å². The van der Waals surface area contributed by atoms with Gasteiger partial charge in [0.25, 0.3) is 0 Å². The lowest BCUT2D eigenvalue weighted by Crippen LogP contribution is -2.03. The Hall–Kier alpha value is -1.79. The molecule has 0 atom stereocenters. The number of hydrogen-bond donors (Lipinski definition) is 0. The van der Waals surface area contributed by atoms with Crippen LogP contribution in [0.5, 0.6) is 0 Å². The predicted octanol–water partition coefficient (Wildman–Crippen LogP) is 3.90. The first-order chi connectivity index (χ1) is 8.67. The maximum atomic E-state index is 11.6. The van der Waals surface area contributed by atoms with Crippen LogP contribution in [0.4, 0.5) is 0 Å². The molecule has 2 nitrogen and oxygen atoms in total. The fourth-order valence-electron chi connectivity index (χ4n) is 1.64. The van der Waals surface area contributed by atoms with E-state index in [0.29, 0.717) is 12.0 Å². The summed E-state index contributed by atoms with van der Waals surface area (Å²) >= 11 is 0. The van der Waals surface area contributed by atoms with Crippen LogP contribution >= 0.6 is 0 Å². The summed E-state index contributed by atoms with van der Waals surface area (Å²) in [7, 11) is 1.41. The Balaban J connectivity index is 2.95. The molecule has 0 heterocycles. The number of methoxy groups -OCH3 is 1. The van der Waals surface area contributed by atoms with Crippen molar-refractivity contribution in [2.24, 2.45) is 0 Å². The third kappa shape index (κ3) is 4.60. The van der Waals surface area contributed by atoms with Crippen LogP contribution in [0.15, 0.2) is 35.6 Å². The zero-order valence-corrected chi connectivity index (χ0v) is 11.3. The van der Waals surface area contributed by atoms with Gasteiger partial charge in [-0.25, -0.2) is 4.79 Å². The molecule has 1 aromatic carbocycles. The van der Waals surface area contributed by atoms with E-state index in [0.717, 1.165) is 18.4 Å². The maximum absolute atomic E-state index is 11.6. The quantitative estimate of drug-likeness (QED) is 0.446. The molecule has 1 rings (SSSR count). The predicted molar refractivity (Wildman–Crippen MR) is 74.2 cm³/mol. The molecular formula is C16H20O2. The van der Waals surface area contributed by atoms with Crippen LogP contribution < -0.4 is 0 Å². The van der Waals surface area contributed by atoms with E-state index < -0.39 is 0 Å². The van der Waals surface area contributed by atoms with Gasteiger partial charge in [-0.1, -0.05) is 43.2 Å². The number of carbonyl (C=O) groups is 1. The van der Waals surface area contributed by atoms with Crippen molar-refractivity contribution in [1.82, 2.24) is 0 Å². The molecule has 0 aliphatic heterocycles. The summed E-state index contributed by atoms with van der Waals surface area (Å²) in [4.78, 5) is 11.6. The molecule has 0 unspecified atom stereocenters. The standard InChI is InChI=1S/C16H20O2/c1-4-5-9-15(16(17)18-3)11-10-14-8-6-7-13(2)12-14/h6-8,10,12H,4-5,9H2,1-3H3. The number of ether oxygens (including phenoxy) is 1. The number of unbranched alkanes of at least 4 members (excludes halogenated alkanes) is 1. The highest BCUT2D eigenvalue weighted by atomic mass is 16.5. The molecule has 0 aliphatic carbocycles. The van der Waals surface area contributed by atoms with Gasteiger partial charge in [0, 0.05) is 0 Å². The van der Waals surface area contributed by atoms with Crippen molar-refractivity contribution in [3.05, 3.63) is 46.7 Å². The van der Waals surface area contributed by atoms with Gasteiger partial charge in [-0.05, 0) is 31.4 Å². The van der Waals surface area contributed by atoms with E-state index in [1.807, 2.05) is 31.2 Å². The van der Waals surface area contributed by atoms with Crippen LogP contribution in [0, 0.1) is 6.92 Å². The molecule has 0 aromatic heterocycles. The smallest absolute Gasteiger partial charge is 0.341 e. The second kappa shape index (κ2) is 7.52. The fraction of sp³-hybridized carbons (Fsp3) is 0.375. The summed E-state index contributed by atoms with van der Waals surface area (Å²) in [6.45, 7) is 4.14. The average Bonchev–Trinajstić information content (AvgIpc) is 2.38. The van der Waals surface area contributed by atoms with Gasteiger partial charge in [0.15, 0.2) is 0 Å². The molecule has 0 fully saturated rings. The first-order valence-corrected chi connectivity index (χ1v) is 6.28. The van der Waals surface area contributed by atoms with E-state index in [1.54, 1.807) is 0 Å². The van der Waals surface area contributed by atoms with Crippen LogP contribution in [0.25, 0.3) is 6.08 Å². The molecule has 0 aliphatic rings. The largest absolute Gasteiger partial charge is 0.465 e. The number of aryl methyl sites for hydroxylation is 1. The fourth-order valence-corrected chi connectivity index (χ4v) is 1.64. The summed E-state index contributed by atoms with van der Waals surface area (Å²) in [6, 6.07) is 8.09. The van der Waals surface area contributed by atoms with Crippen molar-refractivity contribution in [2.45, 2.75) is 33.1 Å². The molecule has 96 valence electrons. The number of rotatable bonds is 5. The average molecular weight is 244 g/mol. The summed E-state index contributed by atoms with van der Waals surface area (Å²) in [5, 5.41) is 0. The van der Waals surface area contributed by atoms with E-state index >= 15 is 0 Å². The highest BCUT2D eigenvalue weighted by Crippen LogP contribution is 2.10. The molecule has 0 saturated carbocycles. The van der Waals surface area contributed by atoms with Crippen molar-refractivity contribution in [2.75, 3.05) is 7.11 Å². The van der Waals surface area contributed by atoms with Crippen molar-refractivity contribution in [3.8, 4) is 0 Å². The summed E-state index contributed by atoms with van der Waals surface area (Å²) < 4.78 is 4.76. The van der Waals surface area contributed by atoms with Crippen molar-refractivity contribution >= 4 is 12.0 Å². The Bertz CT molecular complexity index is 466. The van der Waals surface area contributed by atoms with Crippen LogP contribution in [0.1, 0.15) is 37.3 Å². The number of hydrogen-bond acceptors (Lipinski definition) is 2. The zero-order valence-electron chi connectivity index (χ0n) is 11.3. The lowest BCUT2D eigenvalue weighted by Gasteiger charge is -2.01. The molecule has 18 heavy (non-hydrogen) atoms. The normalized spacial score (nSPS) is 9.50. The monoisotopic (exact) mass is 244 g/mol. The van der Waals surface area contributed by atoms with Gasteiger partial charge in [-0.2, -0.15) is 0 Å². The Labute approximate surface area is 109 Å². The molecule has 0 spiro atoms. The summed E-state index contributed by atoms with van der Waals surface area (Å²) in [6.07, 6.45) is 4.58. The minimum atomic E-state index is -0.285. The first kappa shape index (κ1) is 14.3. The van der Waals surface area contributed by atoms with Crippen molar-refractivity contribution in [3.63, 3.8) is 0 Å². The second-order valence-electron chi connectivity index (χ2n) is 4.28. The minimum Gasteiger partial charge on any atom is -0.465 e. The minimum absolute atomic E-state index is 0.285. The van der Waals surface area contributed by atoms with Gasteiger partial charge in [-0.3, -0.25) is 0 Å². The molecule has 1 aromatic rings. The van der Waals surface area contributed by atoms with Crippen molar-refractivity contribution < 1.29 is 9.53 Å². The molecule has 0 amide bonds. The Kier molecular flexibility index (Phi) is 5.96. The Morgan fingerprint density at radius 3 is 2.83 bits per heavy atom. The third-order valence-corrected chi connectivity index (χ3v) is 2.67. The van der Waals surface area contributed by atoms with Crippen LogP contribution in [-0.2, 0) is 9.53 Å². The van der Waals surface area contributed by atoms with Crippen LogP contribution in [0.2, 0.25) is 0 Å². The van der Waals surface area contributed by atoms with E-state index in [1.165, 1.54) is 12.7 Å². The van der Waals surface area contributed by atoms with Gasteiger partial charge in [0.1, 0.15) is 0 Å². The van der Waals surface area contributed by atoms with Gasteiger partial charge in [0.05, 0.1) is 12.7 Å². The number of carbonyl (C=O) groups excluding carboxylic acids is 1. The molecule has 0 saturated heterocycles. The van der Waals surface area contributed by atoms with E-state index in [-0.39, 0.29) is 5.97 Å². The van der Waals surface area contributed by atoms with Gasteiger partial charge < -0.3 is 4.74 Å². The van der Waals surface area contributed by atoms with Crippen molar-refractivity contribution in [1.29, 1.82) is 0 Å². The SMILES string of the molecule is CCCCC(=C=Cc1cccc(C)c1)C(=O)OC. The summed E-state index contributed by atoms with van der Waals surface area (Å²) in [5.74, 6) is -0.285. The molecule has 0 bridgehead atoms. The highest BCUT2D eigenvalue weighted by Gasteiger charge is 2.07. The van der Waals surface area contributed by atoms with Gasteiger partial charge in [-0.15, -0.1) is 5.73 Å². The lowest BCUT2D eigenvalue weighted by molar-refractivity contribution is -0.136. The molecular weight excluding hydrogens is 224 g/mol. The third-order valence-electron chi connectivity index (χ3n) is 2.67. The first-order valence-electron chi connectivity index (χ1n) is 6.28. The van der Waals surface area contributed by atoms with E-state index in [2.05, 4.69) is 18.7 Å². The van der Waals surface area contributed by atoms with Gasteiger partial charge in [0.2, 0.25) is 0 Å². The molecule has 0 N–H and O–H groups in total.